The second-order valence-corrected chi connectivity index (χ2v) is 7.51. The molecule has 0 saturated carbocycles. The summed E-state index contributed by atoms with van der Waals surface area (Å²) >= 11 is 6.57. The van der Waals surface area contributed by atoms with E-state index in [0.717, 1.165) is 48.8 Å². The molecular formula is C20H20ClN5O. The normalized spacial score (nSPS) is 14.8. The van der Waals surface area contributed by atoms with Gasteiger partial charge < -0.3 is 9.51 Å². The molecular weight excluding hydrogens is 362 g/mol. The number of fused-ring (bicyclic) bond motifs is 3. The first-order valence-corrected chi connectivity index (χ1v) is 9.44. The van der Waals surface area contributed by atoms with E-state index in [4.69, 9.17) is 16.1 Å². The predicted molar refractivity (Wildman–Crippen MR) is 105 cm³/mol. The van der Waals surface area contributed by atoms with E-state index >= 15 is 0 Å². The van der Waals surface area contributed by atoms with E-state index in [1.54, 1.807) is 4.68 Å². The Morgan fingerprint density at radius 1 is 1.30 bits per heavy atom. The van der Waals surface area contributed by atoms with Gasteiger partial charge in [-0.1, -0.05) is 35.0 Å². The van der Waals surface area contributed by atoms with Crippen molar-refractivity contribution in [3.63, 3.8) is 0 Å². The summed E-state index contributed by atoms with van der Waals surface area (Å²) in [6.45, 7) is 4.47. The number of benzene rings is 1. The van der Waals surface area contributed by atoms with Crippen LogP contribution in [-0.2, 0) is 26.6 Å². The van der Waals surface area contributed by atoms with E-state index in [2.05, 4.69) is 44.4 Å². The molecule has 0 radical (unpaired) electrons. The van der Waals surface area contributed by atoms with Gasteiger partial charge in [0.2, 0.25) is 0 Å². The van der Waals surface area contributed by atoms with Gasteiger partial charge in [-0.3, -0.25) is 9.58 Å². The first kappa shape index (κ1) is 16.6. The van der Waals surface area contributed by atoms with Gasteiger partial charge >= 0.3 is 0 Å². The van der Waals surface area contributed by atoms with Crippen LogP contribution >= 0.6 is 11.6 Å². The van der Waals surface area contributed by atoms with Gasteiger partial charge in [0.25, 0.3) is 0 Å². The van der Waals surface area contributed by atoms with Gasteiger partial charge in [0.05, 0.1) is 0 Å². The quantitative estimate of drug-likeness (QED) is 0.581. The number of nitrogens with one attached hydrogen (secondary N) is 1. The van der Waals surface area contributed by atoms with Crippen molar-refractivity contribution in [2.75, 3.05) is 6.54 Å². The maximum atomic E-state index is 6.57. The number of H-pyrrole nitrogens is 1. The molecule has 1 N–H and O–H groups in total. The minimum atomic E-state index is 0.648. The molecule has 0 bridgehead atoms. The maximum Gasteiger partial charge on any atom is 0.134 e. The SMILES string of the molecule is Cc1cc(-c2nn(C)c(Cl)c2CN2CCc3[nH]c4ccccc4c3C2)no1. The molecule has 1 aliphatic rings. The second-order valence-electron chi connectivity index (χ2n) is 7.15. The Morgan fingerprint density at radius 2 is 2.15 bits per heavy atom. The molecule has 138 valence electrons. The van der Waals surface area contributed by atoms with E-state index < -0.39 is 0 Å². The van der Waals surface area contributed by atoms with Crippen LogP contribution in [0.5, 0.6) is 0 Å². The highest BCUT2D eigenvalue weighted by molar-refractivity contribution is 6.30. The number of aromatic nitrogens is 4. The molecule has 0 saturated heterocycles. The molecule has 6 nitrogen and oxygen atoms in total. The molecule has 4 aromatic rings. The van der Waals surface area contributed by atoms with Crippen LogP contribution in [0.4, 0.5) is 0 Å². The molecule has 0 atom stereocenters. The van der Waals surface area contributed by atoms with Gasteiger partial charge in [-0.05, 0) is 18.6 Å². The van der Waals surface area contributed by atoms with Gasteiger partial charge in [-0.25, -0.2) is 0 Å². The standard InChI is InChI=1S/C20H20ClN5O/c1-12-9-18(24-27-12)19-15(20(21)25(2)23-19)11-26-8-7-17-14(10-26)13-5-3-4-6-16(13)22-17/h3-6,9,22H,7-8,10-11H2,1-2H3. The number of hydrogen-bond donors (Lipinski definition) is 1. The zero-order chi connectivity index (χ0) is 18.5. The lowest BCUT2D eigenvalue weighted by atomic mass is 10.0. The maximum absolute atomic E-state index is 6.57. The van der Waals surface area contributed by atoms with Crippen molar-refractivity contribution in [2.45, 2.75) is 26.4 Å². The molecule has 0 fully saturated rings. The van der Waals surface area contributed by atoms with Crippen molar-refractivity contribution in [1.82, 2.24) is 24.8 Å². The average Bonchev–Trinajstić information content (AvgIpc) is 3.33. The van der Waals surface area contributed by atoms with Crippen LogP contribution in [0.3, 0.4) is 0 Å². The van der Waals surface area contributed by atoms with E-state index in [1.165, 1.54) is 22.2 Å². The van der Waals surface area contributed by atoms with Crippen molar-refractivity contribution < 1.29 is 4.52 Å². The lowest BCUT2D eigenvalue weighted by Crippen LogP contribution is -2.30. The van der Waals surface area contributed by atoms with Crippen LogP contribution < -0.4 is 0 Å². The third kappa shape index (κ3) is 2.76. The van der Waals surface area contributed by atoms with Crippen LogP contribution in [0.2, 0.25) is 5.15 Å². The second kappa shape index (κ2) is 6.25. The van der Waals surface area contributed by atoms with Crippen molar-refractivity contribution in [3.8, 4) is 11.4 Å². The number of hydrogen-bond acceptors (Lipinski definition) is 4. The third-order valence-electron chi connectivity index (χ3n) is 5.28. The molecule has 0 unspecified atom stereocenters. The van der Waals surface area contributed by atoms with E-state index in [1.807, 2.05) is 20.0 Å². The fraction of sp³-hybridized carbons (Fsp3) is 0.300. The Kier molecular flexibility index (Phi) is 3.84. The molecule has 0 amide bonds. The smallest absolute Gasteiger partial charge is 0.134 e. The number of aromatic amines is 1. The first-order valence-electron chi connectivity index (χ1n) is 9.06. The highest BCUT2D eigenvalue weighted by atomic mass is 35.5. The first-order chi connectivity index (χ1) is 13.1. The highest BCUT2D eigenvalue weighted by Gasteiger charge is 2.25. The summed E-state index contributed by atoms with van der Waals surface area (Å²) in [4.78, 5) is 5.98. The van der Waals surface area contributed by atoms with Crippen LogP contribution in [-0.4, -0.2) is 31.4 Å². The number of nitrogens with zero attached hydrogens (tertiary/aromatic N) is 4. The van der Waals surface area contributed by atoms with Gasteiger partial charge in [0.1, 0.15) is 22.3 Å². The minimum Gasteiger partial charge on any atom is -0.361 e. The summed E-state index contributed by atoms with van der Waals surface area (Å²) in [6.07, 6.45) is 1.00. The van der Waals surface area contributed by atoms with Crippen molar-refractivity contribution >= 4 is 22.5 Å². The Hall–Kier alpha value is -2.57. The monoisotopic (exact) mass is 381 g/mol. The molecule has 0 aliphatic carbocycles. The Labute approximate surface area is 161 Å². The molecule has 27 heavy (non-hydrogen) atoms. The summed E-state index contributed by atoms with van der Waals surface area (Å²) in [7, 11) is 1.86. The Bertz CT molecular complexity index is 1140. The van der Waals surface area contributed by atoms with E-state index in [-0.39, 0.29) is 0 Å². The molecule has 3 aromatic heterocycles. The van der Waals surface area contributed by atoms with Crippen LogP contribution in [0.1, 0.15) is 22.6 Å². The van der Waals surface area contributed by atoms with Crippen molar-refractivity contribution in [2.24, 2.45) is 7.05 Å². The zero-order valence-electron chi connectivity index (χ0n) is 15.3. The zero-order valence-corrected chi connectivity index (χ0v) is 16.0. The summed E-state index contributed by atoms with van der Waals surface area (Å²) in [5.74, 6) is 0.763. The number of aryl methyl sites for hydroxylation is 2. The van der Waals surface area contributed by atoms with Gasteiger partial charge in [0, 0.05) is 61.3 Å². The topological polar surface area (TPSA) is 62.9 Å². The molecule has 7 heteroatoms. The fourth-order valence-corrected chi connectivity index (χ4v) is 4.14. The number of para-hydroxylation sites is 1. The molecule has 1 aliphatic heterocycles. The van der Waals surface area contributed by atoms with Crippen LogP contribution in [0.15, 0.2) is 34.9 Å². The molecule has 5 rings (SSSR count). The highest BCUT2D eigenvalue weighted by Crippen LogP contribution is 2.32. The fourth-order valence-electron chi connectivity index (χ4n) is 3.95. The van der Waals surface area contributed by atoms with Gasteiger partial charge in [0.15, 0.2) is 0 Å². The van der Waals surface area contributed by atoms with Crippen LogP contribution in [0, 0.1) is 6.92 Å². The van der Waals surface area contributed by atoms with E-state index in [9.17, 15) is 0 Å². The summed E-state index contributed by atoms with van der Waals surface area (Å²) in [6, 6.07) is 10.4. The average molecular weight is 382 g/mol. The number of rotatable bonds is 3. The van der Waals surface area contributed by atoms with Crippen molar-refractivity contribution in [3.05, 3.63) is 58.1 Å². The van der Waals surface area contributed by atoms with E-state index in [0.29, 0.717) is 5.15 Å². The molecule has 1 aromatic carbocycles. The Balaban J connectivity index is 1.48. The predicted octanol–water partition coefficient (Wildman–Crippen LogP) is 4.08. The van der Waals surface area contributed by atoms with Crippen molar-refractivity contribution in [1.29, 1.82) is 0 Å². The lowest BCUT2D eigenvalue weighted by molar-refractivity contribution is 0.246. The molecule has 0 spiro atoms. The van der Waals surface area contributed by atoms with Crippen LogP contribution in [0.25, 0.3) is 22.3 Å². The van der Waals surface area contributed by atoms with Gasteiger partial charge in [-0.2, -0.15) is 5.10 Å². The Morgan fingerprint density at radius 3 is 2.96 bits per heavy atom. The number of halogens is 1. The largest absolute Gasteiger partial charge is 0.361 e. The molecule has 4 heterocycles. The summed E-state index contributed by atoms with van der Waals surface area (Å²) in [5, 5.41) is 10.7. The summed E-state index contributed by atoms with van der Waals surface area (Å²) in [5.41, 5.74) is 6.46. The lowest BCUT2D eigenvalue weighted by Gasteiger charge is -2.27. The third-order valence-corrected chi connectivity index (χ3v) is 5.76. The summed E-state index contributed by atoms with van der Waals surface area (Å²) < 4.78 is 6.94. The van der Waals surface area contributed by atoms with Gasteiger partial charge in [-0.15, -0.1) is 0 Å². The minimum absolute atomic E-state index is 0.648.